The molecule has 1 aliphatic rings. The van der Waals surface area contributed by atoms with E-state index < -0.39 is 0 Å². The summed E-state index contributed by atoms with van der Waals surface area (Å²) in [5.74, 6) is 0. The molecule has 1 heterocycles. The molecule has 0 aromatic carbocycles. The number of halogens is 1. The van der Waals surface area contributed by atoms with E-state index in [0.717, 1.165) is 46.1 Å². The first-order valence-corrected chi connectivity index (χ1v) is 8.42. The Labute approximate surface area is 131 Å². The van der Waals surface area contributed by atoms with Crippen LogP contribution in [0.1, 0.15) is 58.3 Å². The fraction of sp³-hybridized carbons (Fsp3) is 1.00. The van der Waals surface area contributed by atoms with Gasteiger partial charge in [-0.25, -0.2) is 0 Å². The van der Waals surface area contributed by atoms with Crippen LogP contribution in [-0.2, 0) is 9.47 Å². The topological polar surface area (TPSA) is 22.9 Å². The zero-order chi connectivity index (χ0) is 13.6. The van der Waals surface area contributed by atoms with E-state index in [0.29, 0.717) is 0 Å². The molecule has 1 saturated heterocycles. The Morgan fingerprint density at radius 2 is 1.45 bits per heavy atom. The van der Waals surface area contributed by atoms with Crippen LogP contribution in [0.2, 0.25) is 0 Å². The molecule has 1 fully saturated rings. The smallest absolute Gasteiger partial charge is 0.101 e. The zero-order valence-electron chi connectivity index (χ0n) is 13.3. The first kappa shape index (κ1) is 20.2. The standard InChI is InChI=1S/C16H33NO2.ClH/c1-2-3-4-5-6-7-8-9-13-18-14-10-17-11-15-19-16-12-17;/h2-16H2,1H3;1H/p+1. The molecule has 0 amide bonds. The molecule has 1 rings (SSSR count). The van der Waals surface area contributed by atoms with Crippen LogP contribution in [0.15, 0.2) is 0 Å². The van der Waals surface area contributed by atoms with E-state index in [-0.39, 0.29) is 12.4 Å². The fourth-order valence-electron chi connectivity index (χ4n) is 2.57. The third-order valence-electron chi connectivity index (χ3n) is 3.94. The van der Waals surface area contributed by atoms with Gasteiger partial charge in [0, 0.05) is 6.61 Å². The van der Waals surface area contributed by atoms with E-state index in [1.165, 1.54) is 51.4 Å². The van der Waals surface area contributed by atoms with Gasteiger partial charge >= 0.3 is 0 Å². The molecule has 1 N–H and O–H groups in total. The SMILES string of the molecule is CCCCCCCCCCOCC[NH+]1CCOCC1.Cl. The lowest BCUT2D eigenvalue weighted by molar-refractivity contribution is -0.908. The summed E-state index contributed by atoms with van der Waals surface area (Å²) in [6.07, 6.45) is 11.0. The minimum Gasteiger partial charge on any atom is -0.376 e. The Bertz CT molecular complexity index is 187. The van der Waals surface area contributed by atoms with Crippen LogP contribution in [-0.4, -0.2) is 46.1 Å². The molecule has 0 bridgehead atoms. The van der Waals surface area contributed by atoms with E-state index in [2.05, 4.69) is 6.92 Å². The average Bonchev–Trinajstić information content (AvgIpc) is 2.46. The van der Waals surface area contributed by atoms with Crippen LogP contribution < -0.4 is 4.90 Å². The maximum Gasteiger partial charge on any atom is 0.101 e. The number of ether oxygens (including phenoxy) is 2. The van der Waals surface area contributed by atoms with Crippen molar-refractivity contribution in [2.75, 3.05) is 46.1 Å². The lowest BCUT2D eigenvalue weighted by Gasteiger charge is -2.23. The molecular formula is C16H35ClNO2+. The number of morpholine rings is 1. The Balaban J connectivity index is 0.00000361. The second kappa shape index (κ2) is 15.6. The van der Waals surface area contributed by atoms with Crippen molar-refractivity contribution in [2.24, 2.45) is 0 Å². The monoisotopic (exact) mass is 308 g/mol. The Morgan fingerprint density at radius 3 is 2.10 bits per heavy atom. The van der Waals surface area contributed by atoms with Gasteiger partial charge in [-0.15, -0.1) is 12.4 Å². The van der Waals surface area contributed by atoms with Crippen LogP contribution in [0, 0.1) is 0 Å². The summed E-state index contributed by atoms with van der Waals surface area (Å²) in [5, 5.41) is 0. The third-order valence-corrected chi connectivity index (χ3v) is 3.94. The van der Waals surface area contributed by atoms with Crippen LogP contribution in [0.25, 0.3) is 0 Å². The molecule has 20 heavy (non-hydrogen) atoms. The Hall–Kier alpha value is 0.170. The van der Waals surface area contributed by atoms with Gasteiger partial charge in [0.1, 0.15) is 19.6 Å². The summed E-state index contributed by atoms with van der Waals surface area (Å²) in [6.45, 7) is 9.46. The Kier molecular flexibility index (Phi) is 15.7. The predicted octanol–water partition coefficient (Wildman–Crippen LogP) is 2.48. The number of nitrogens with one attached hydrogen (secondary N) is 1. The van der Waals surface area contributed by atoms with Gasteiger partial charge in [0.05, 0.1) is 19.8 Å². The molecule has 0 aliphatic carbocycles. The van der Waals surface area contributed by atoms with Crippen molar-refractivity contribution in [3.05, 3.63) is 0 Å². The van der Waals surface area contributed by atoms with Gasteiger partial charge in [-0.2, -0.15) is 0 Å². The molecular weight excluding hydrogens is 274 g/mol. The summed E-state index contributed by atoms with van der Waals surface area (Å²) >= 11 is 0. The molecule has 0 aromatic rings. The summed E-state index contributed by atoms with van der Waals surface area (Å²) in [6, 6.07) is 0. The molecule has 0 saturated carbocycles. The Morgan fingerprint density at radius 1 is 0.850 bits per heavy atom. The van der Waals surface area contributed by atoms with Gasteiger partial charge in [0.25, 0.3) is 0 Å². The van der Waals surface area contributed by atoms with Crippen molar-refractivity contribution in [1.82, 2.24) is 0 Å². The second-order valence-corrected chi connectivity index (χ2v) is 5.70. The average molecular weight is 309 g/mol. The van der Waals surface area contributed by atoms with Crippen molar-refractivity contribution in [1.29, 1.82) is 0 Å². The summed E-state index contributed by atoms with van der Waals surface area (Å²) in [5.41, 5.74) is 0. The highest BCUT2D eigenvalue weighted by Gasteiger charge is 2.12. The van der Waals surface area contributed by atoms with Crippen LogP contribution in [0.5, 0.6) is 0 Å². The minimum atomic E-state index is 0. The predicted molar refractivity (Wildman–Crippen MR) is 87.1 cm³/mol. The van der Waals surface area contributed by atoms with E-state index in [4.69, 9.17) is 9.47 Å². The molecule has 4 heteroatoms. The largest absolute Gasteiger partial charge is 0.376 e. The molecule has 3 nitrogen and oxygen atoms in total. The van der Waals surface area contributed by atoms with E-state index in [1.54, 1.807) is 4.90 Å². The molecule has 1 aliphatic heterocycles. The van der Waals surface area contributed by atoms with Crippen LogP contribution in [0.3, 0.4) is 0 Å². The number of unbranched alkanes of at least 4 members (excludes halogenated alkanes) is 7. The maximum absolute atomic E-state index is 5.72. The van der Waals surface area contributed by atoms with Crippen molar-refractivity contribution < 1.29 is 14.4 Å². The normalized spacial score (nSPS) is 16.1. The number of quaternary nitrogens is 1. The van der Waals surface area contributed by atoms with Crippen molar-refractivity contribution >= 4 is 12.4 Å². The van der Waals surface area contributed by atoms with Crippen molar-refractivity contribution in [3.63, 3.8) is 0 Å². The van der Waals surface area contributed by atoms with Crippen molar-refractivity contribution in [3.8, 4) is 0 Å². The zero-order valence-corrected chi connectivity index (χ0v) is 14.1. The molecule has 0 spiro atoms. The molecule has 0 aromatic heterocycles. The van der Waals surface area contributed by atoms with E-state index in [1.807, 2.05) is 0 Å². The van der Waals surface area contributed by atoms with E-state index in [9.17, 15) is 0 Å². The highest BCUT2D eigenvalue weighted by molar-refractivity contribution is 5.85. The first-order valence-electron chi connectivity index (χ1n) is 8.42. The van der Waals surface area contributed by atoms with Gasteiger partial charge in [-0.1, -0.05) is 51.9 Å². The van der Waals surface area contributed by atoms with Crippen LogP contribution in [0.4, 0.5) is 0 Å². The molecule has 0 radical (unpaired) electrons. The number of hydrogen-bond acceptors (Lipinski definition) is 2. The van der Waals surface area contributed by atoms with Gasteiger partial charge in [0.2, 0.25) is 0 Å². The molecule has 122 valence electrons. The highest BCUT2D eigenvalue weighted by Crippen LogP contribution is 2.08. The summed E-state index contributed by atoms with van der Waals surface area (Å²) in [7, 11) is 0. The first-order chi connectivity index (χ1) is 9.43. The number of hydrogen-bond donors (Lipinski definition) is 1. The van der Waals surface area contributed by atoms with E-state index >= 15 is 0 Å². The molecule has 0 unspecified atom stereocenters. The second-order valence-electron chi connectivity index (χ2n) is 5.70. The minimum absolute atomic E-state index is 0. The summed E-state index contributed by atoms with van der Waals surface area (Å²) < 4.78 is 11.1. The van der Waals surface area contributed by atoms with Gasteiger partial charge in [-0.05, 0) is 6.42 Å². The van der Waals surface area contributed by atoms with Gasteiger partial charge < -0.3 is 14.4 Å². The number of rotatable bonds is 12. The van der Waals surface area contributed by atoms with Gasteiger partial charge in [-0.3, -0.25) is 0 Å². The maximum atomic E-state index is 5.72. The lowest BCUT2D eigenvalue weighted by atomic mass is 10.1. The third kappa shape index (κ3) is 12.0. The summed E-state index contributed by atoms with van der Waals surface area (Å²) in [4.78, 5) is 1.64. The van der Waals surface area contributed by atoms with Crippen LogP contribution >= 0.6 is 12.4 Å². The van der Waals surface area contributed by atoms with Crippen molar-refractivity contribution in [2.45, 2.75) is 58.3 Å². The highest BCUT2D eigenvalue weighted by atomic mass is 35.5. The van der Waals surface area contributed by atoms with Gasteiger partial charge in [0.15, 0.2) is 0 Å². The molecule has 0 atom stereocenters. The quantitative estimate of drug-likeness (QED) is 0.560. The fourth-order valence-corrected chi connectivity index (χ4v) is 2.57. The lowest BCUT2D eigenvalue weighted by Crippen LogP contribution is -3.14.